The molecule has 1 atom stereocenters. The molecule has 0 aliphatic carbocycles. The zero-order valence-corrected chi connectivity index (χ0v) is 37.5. The molecule has 0 aliphatic heterocycles. The van der Waals surface area contributed by atoms with Gasteiger partial charge in [0.25, 0.3) is 0 Å². The van der Waals surface area contributed by atoms with Crippen LogP contribution in [-0.2, 0) is 6.18 Å². The molecule has 0 radical (unpaired) electrons. The van der Waals surface area contributed by atoms with Crippen molar-refractivity contribution < 1.29 is 57.8 Å². The third-order valence-electron chi connectivity index (χ3n) is 12.0. The number of unbranched alkanes of at least 4 members (excludes halogenated alkanes) is 8. The summed E-state index contributed by atoms with van der Waals surface area (Å²) in [7, 11) is 0. The van der Waals surface area contributed by atoms with Crippen LogP contribution in [-0.4, -0.2) is 13.2 Å². The molecule has 6 aromatic rings. The van der Waals surface area contributed by atoms with Gasteiger partial charge in [-0.1, -0.05) is 81.7 Å². The normalized spacial score (nSPS) is 12.1. The summed E-state index contributed by atoms with van der Waals surface area (Å²) in [5.74, 6) is -7.19. The summed E-state index contributed by atoms with van der Waals surface area (Å²) in [6.45, 7) is 6.12. The van der Waals surface area contributed by atoms with Gasteiger partial charge >= 0.3 is 6.18 Å². The van der Waals surface area contributed by atoms with Gasteiger partial charge in [0.2, 0.25) is 0 Å². The summed E-state index contributed by atoms with van der Waals surface area (Å²) in [5.41, 5.74) is -2.32. The molecule has 6 rings (SSSR count). The van der Waals surface area contributed by atoms with E-state index in [1.165, 1.54) is 49.4 Å². The topological polar surface area (TPSA) is 18.5 Å². The van der Waals surface area contributed by atoms with Gasteiger partial charge in [-0.15, -0.1) is 6.58 Å². The van der Waals surface area contributed by atoms with E-state index in [0.717, 1.165) is 107 Å². The van der Waals surface area contributed by atoms with Gasteiger partial charge in [-0.2, -0.15) is 13.2 Å². The molecule has 1 unspecified atom stereocenters. The fourth-order valence-corrected chi connectivity index (χ4v) is 8.11. The molecule has 13 heteroatoms. The van der Waals surface area contributed by atoms with Crippen LogP contribution in [0.1, 0.15) is 88.2 Å². The van der Waals surface area contributed by atoms with E-state index in [9.17, 15) is 35.1 Å². The van der Waals surface area contributed by atoms with Crippen molar-refractivity contribution in [3.63, 3.8) is 0 Å². The molecule has 0 aromatic heterocycles. The molecule has 0 spiro atoms. The van der Waals surface area contributed by atoms with Crippen molar-refractivity contribution in [1.29, 1.82) is 0 Å². The lowest BCUT2D eigenvalue weighted by molar-refractivity contribution is -0.142. The Kier molecular flexibility index (Phi) is 17.9. The largest absolute Gasteiger partial charge is 0.493 e. The second kappa shape index (κ2) is 23.8. The Morgan fingerprint density at radius 1 is 0.426 bits per heavy atom. The zero-order chi connectivity index (χ0) is 49.0. The van der Waals surface area contributed by atoms with E-state index in [4.69, 9.17) is 9.47 Å². The maximum atomic E-state index is 15.1. The Bertz CT molecular complexity index is 2630. The van der Waals surface area contributed by atoms with Crippen molar-refractivity contribution in [3.05, 3.63) is 167 Å². The third kappa shape index (κ3) is 13.5. The Morgan fingerprint density at radius 3 is 1.15 bits per heavy atom. The Hall–Kier alpha value is -6.11. The molecule has 0 N–H and O–H groups in total. The molecule has 68 heavy (non-hydrogen) atoms. The van der Waals surface area contributed by atoms with Gasteiger partial charge < -0.3 is 9.47 Å². The number of rotatable bonds is 23. The molecule has 0 bridgehead atoms. The second-order valence-electron chi connectivity index (χ2n) is 16.9. The molecule has 360 valence electrons. The van der Waals surface area contributed by atoms with Gasteiger partial charge in [-0.25, -0.2) is 35.1 Å². The highest BCUT2D eigenvalue weighted by Crippen LogP contribution is 2.38. The van der Waals surface area contributed by atoms with Crippen molar-refractivity contribution in [2.75, 3.05) is 13.2 Å². The molecule has 0 saturated carbocycles. The molecule has 0 heterocycles. The van der Waals surface area contributed by atoms with Crippen LogP contribution >= 0.6 is 0 Å². The molecule has 0 aliphatic rings. The monoisotopic (exact) mass is 952 g/mol. The number of benzene rings is 6. The van der Waals surface area contributed by atoms with E-state index < -0.39 is 63.8 Å². The standard InChI is InChI=1S/C55H51F11O2/c1-3-35(14-10-6-4-8-12-24-67-40-18-22-42(50(60)32-40)36-16-20-44(48(58)26-36)38-28-46(56)34(2)47(57)29-38)15-11-7-5-9-13-25-68-41-19-23-43(51(61)33-41)37-17-21-45(49(59)27-37)39-30-52(62)54(53(63)31-39)55(64,65)66/h3,16-23,26-33,35H,1,4-15,24-25H2,2H3. The van der Waals surface area contributed by atoms with Gasteiger partial charge in [-0.3, -0.25) is 0 Å². The summed E-state index contributed by atoms with van der Waals surface area (Å²) >= 11 is 0. The van der Waals surface area contributed by atoms with Gasteiger partial charge in [0.05, 0.1) is 13.2 Å². The van der Waals surface area contributed by atoms with Crippen LogP contribution in [0.2, 0.25) is 0 Å². The molecule has 0 saturated heterocycles. The highest BCUT2D eigenvalue weighted by molar-refractivity contribution is 5.73. The Balaban J connectivity index is 0.810. The summed E-state index contributed by atoms with van der Waals surface area (Å²) < 4.78 is 167. The van der Waals surface area contributed by atoms with Gasteiger partial charge in [0.15, 0.2) is 0 Å². The van der Waals surface area contributed by atoms with E-state index in [1.807, 2.05) is 6.08 Å². The molecular formula is C55H51F11O2. The van der Waals surface area contributed by atoms with Crippen LogP contribution < -0.4 is 9.47 Å². The highest BCUT2D eigenvalue weighted by Gasteiger charge is 2.38. The van der Waals surface area contributed by atoms with Crippen LogP contribution in [0, 0.1) is 59.4 Å². The zero-order valence-electron chi connectivity index (χ0n) is 37.5. The lowest BCUT2D eigenvalue weighted by Crippen LogP contribution is -2.11. The first-order chi connectivity index (χ1) is 32.5. The molecule has 0 fully saturated rings. The first-order valence-corrected chi connectivity index (χ1v) is 22.6. The Morgan fingerprint density at radius 2 is 0.765 bits per heavy atom. The minimum Gasteiger partial charge on any atom is -0.493 e. The smallest absolute Gasteiger partial charge is 0.422 e. The number of halogens is 11. The quantitative estimate of drug-likeness (QED) is 0.0362. The van der Waals surface area contributed by atoms with E-state index in [1.54, 1.807) is 12.1 Å². The predicted octanol–water partition coefficient (Wildman–Crippen LogP) is 17.7. The SMILES string of the molecule is C=CC(CCCCCCCOc1ccc(-c2ccc(-c3cc(F)c(C)c(F)c3)c(F)c2)c(F)c1)CCCCCCCOc1ccc(-c2ccc(-c3cc(F)c(C(F)(F)F)c(F)c3)c(F)c2)c(F)c1. The van der Waals surface area contributed by atoms with Gasteiger partial charge in [0, 0.05) is 39.9 Å². The van der Waals surface area contributed by atoms with Gasteiger partial charge in [-0.05, 0) is 121 Å². The average molecular weight is 953 g/mol. The number of alkyl halides is 3. The van der Waals surface area contributed by atoms with E-state index in [0.29, 0.717) is 42.8 Å². The fraction of sp³-hybridized carbons (Fsp3) is 0.309. The maximum absolute atomic E-state index is 15.1. The number of ether oxygens (including phenoxy) is 2. The van der Waals surface area contributed by atoms with Crippen molar-refractivity contribution in [3.8, 4) is 56.0 Å². The predicted molar refractivity (Wildman–Crippen MR) is 244 cm³/mol. The Labute approximate surface area is 389 Å². The number of hydrogen-bond acceptors (Lipinski definition) is 2. The number of hydrogen-bond donors (Lipinski definition) is 0. The van der Waals surface area contributed by atoms with E-state index in [-0.39, 0.29) is 44.5 Å². The molecule has 6 aromatic carbocycles. The number of allylic oxidation sites excluding steroid dienone is 1. The van der Waals surface area contributed by atoms with Gasteiger partial charge in [0.1, 0.15) is 63.6 Å². The van der Waals surface area contributed by atoms with E-state index in [2.05, 4.69) is 6.58 Å². The van der Waals surface area contributed by atoms with Crippen molar-refractivity contribution >= 4 is 0 Å². The fourth-order valence-electron chi connectivity index (χ4n) is 8.11. The minimum atomic E-state index is -5.26. The van der Waals surface area contributed by atoms with Crippen LogP contribution in [0.4, 0.5) is 48.3 Å². The molecular weight excluding hydrogens is 902 g/mol. The van der Waals surface area contributed by atoms with Crippen LogP contribution in [0.25, 0.3) is 44.5 Å². The van der Waals surface area contributed by atoms with Crippen LogP contribution in [0.5, 0.6) is 11.5 Å². The van der Waals surface area contributed by atoms with Crippen LogP contribution in [0.3, 0.4) is 0 Å². The lowest BCUT2D eigenvalue weighted by atomic mass is 9.94. The first-order valence-electron chi connectivity index (χ1n) is 22.6. The summed E-state index contributed by atoms with van der Waals surface area (Å²) in [6.07, 6.45) is 8.73. The maximum Gasteiger partial charge on any atom is 0.422 e. The minimum absolute atomic E-state index is 0.00675. The average Bonchev–Trinajstić information content (AvgIpc) is 3.28. The third-order valence-corrected chi connectivity index (χ3v) is 12.0. The van der Waals surface area contributed by atoms with E-state index >= 15 is 13.2 Å². The molecule has 2 nitrogen and oxygen atoms in total. The highest BCUT2D eigenvalue weighted by atomic mass is 19.4. The van der Waals surface area contributed by atoms with Crippen LogP contribution in [0.15, 0.2) is 110 Å². The summed E-state index contributed by atoms with van der Waals surface area (Å²) in [6, 6.07) is 18.9. The summed E-state index contributed by atoms with van der Waals surface area (Å²) in [4.78, 5) is 0. The molecule has 0 amide bonds. The second-order valence-corrected chi connectivity index (χ2v) is 16.9. The van der Waals surface area contributed by atoms with Crippen molar-refractivity contribution in [1.82, 2.24) is 0 Å². The van der Waals surface area contributed by atoms with Crippen molar-refractivity contribution in [2.24, 2.45) is 5.92 Å². The van der Waals surface area contributed by atoms with Crippen molar-refractivity contribution in [2.45, 2.75) is 90.1 Å². The first kappa shape index (κ1) is 51.3. The lowest BCUT2D eigenvalue weighted by Gasteiger charge is -2.13. The summed E-state index contributed by atoms with van der Waals surface area (Å²) in [5, 5.41) is 0.